The third kappa shape index (κ3) is 25.1. The fourth-order valence-electron chi connectivity index (χ4n) is 17.9. The average Bonchev–Trinajstić information content (AvgIpc) is 0.758. The lowest BCUT2D eigenvalue weighted by Crippen LogP contribution is -2.67. The lowest BCUT2D eigenvalue weighted by Gasteiger charge is -2.55. The van der Waals surface area contributed by atoms with Crippen LogP contribution in [-0.4, -0.2) is 202 Å². The van der Waals surface area contributed by atoms with Crippen LogP contribution in [0.4, 0.5) is 0 Å². The molecule has 6 fully saturated rings. The van der Waals surface area contributed by atoms with E-state index in [0.29, 0.717) is 74.0 Å². The summed E-state index contributed by atoms with van der Waals surface area (Å²) in [6.07, 6.45) is -0.433. The molecule has 7 rings (SSSR count). The highest BCUT2D eigenvalue weighted by Crippen LogP contribution is 2.53. The molecule has 654 valence electrons. The molecule has 24 atom stereocenters. The molecule has 7 aliphatic heterocycles. The molecule has 26 heteroatoms. The highest BCUT2D eigenvalue weighted by molar-refractivity contribution is 6.75. The SMILES string of the molecule is C=C(Cl)/C=C/[C@H](CC(=C)C[C@H]1O[C@@H]2[C@H](C)[C@@H](OC(=O)C[C@H]3C[C@H](OC(C)=O)C[C@@]4(C[C@@](C)(O[Si](CC)(CC)CC)C[C@H](CC(=C)[C@@H](C)[C@H](OC(C)=O)[C@H](C)C(=O)C[C@@H]5C[C@H](OC)C[C@@]6(C[C@@H](O[Si](C)(C)C(C)(C)C)C[C@H](/C=C\CCC[C@H]7O[C@](OC)(C[C@H](O[Si](C)(C)C(C)(C)C)[C@H]7C)[C@H]2O)O6)O5)O4)O3)[C@@H]1O)O[Si](C)(C)C(C)(C)C. The molecule has 0 saturated carbocycles. The Bertz CT molecular complexity index is 3310. The molecule has 7 heterocycles. The van der Waals surface area contributed by atoms with Gasteiger partial charge in [-0.1, -0.05) is 171 Å². The molecule has 0 aromatic carbocycles. The van der Waals surface area contributed by atoms with Crippen molar-refractivity contribution in [3.63, 3.8) is 0 Å². The minimum Gasteiger partial charge on any atom is -0.462 e. The van der Waals surface area contributed by atoms with Gasteiger partial charge in [0, 0.05) is 115 Å². The van der Waals surface area contributed by atoms with Crippen LogP contribution in [0.1, 0.15) is 241 Å². The van der Waals surface area contributed by atoms with Gasteiger partial charge in [0.2, 0.25) is 0 Å². The molecule has 21 nitrogen and oxygen atoms in total. The first kappa shape index (κ1) is 98.5. The summed E-state index contributed by atoms with van der Waals surface area (Å²) >= 11 is 6.37. The lowest BCUT2D eigenvalue weighted by molar-refractivity contribution is -0.358. The van der Waals surface area contributed by atoms with Gasteiger partial charge >= 0.3 is 17.9 Å². The van der Waals surface area contributed by atoms with Crippen LogP contribution in [0.25, 0.3) is 0 Å². The van der Waals surface area contributed by atoms with Crippen molar-refractivity contribution < 1.29 is 99.2 Å². The van der Waals surface area contributed by atoms with Crippen molar-refractivity contribution in [2.24, 2.45) is 23.7 Å². The molecule has 0 aliphatic carbocycles. The molecular formula is C88H153ClO21Si4. The van der Waals surface area contributed by atoms with Gasteiger partial charge in [-0.25, -0.2) is 0 Å². The predicted molar refractivity (Wildman–Crippen MR) is 457 cm³/mol. The zero-order valence-electron chi connectivity index (χ0n) is 75.1. The van der Waals surface area contributed by atoms with Crippen molar-refractivity contribution in [1.82, 2.24) is 0 Å². The third-order valence-electron chi connectivity index (χ3n) is 27.7. The summed E-state index contributed by atoms with van der Waals surface area (Å²) in [6.45, 7) is 65.3. The summed E-state index contributed by atoms with van der Waals surface area (Å²) in [5.41, 5.74) is 0.431. The minimum absolute atomic E-state index is 0.00942. The molecule has 114 heavy (non-hydrogen) atoms. The van der Waals surface area contributed by atoms with Crippen molar-refractivity contribution in [2.75, 3.05) is 14.2 Å². The van der Waals surface area contributed by atoms with Gasteiger partial charge in [-0.15, -0.1) is 0 Å². The van der Waals surface area contributed by atoms with E-state index >= 15 is 9.59 Å². The maximum Gasteiger partial charge on any atom is 0.308 e. The Morgan fingerprint density at radius 2 is 1.26 bits per heavy atom. The van der Waals surface area contributed by atoms with Crippen LogP contribution in [-0.2, 0) is 89.0 Å². The van der Waals surface area contributed by atoms with E-state index in [-0.39, 0.29) is 90.4 Å². The zero-order valence-corrected chi connectivity index (χ0v) is 79.9. The van der Waals surface area contributed by atoms with Crippen LogP contribution in [0.3, 0.4) is 0 Å². The monoisotopic (exact) mass is 1690 g/mol. The fourth-order valence-corrected chi connectivity index (χ4v) is 25.1. The molecule has 0 unspecified atom stereocenters. The van der Waals surface area contributed by atoms with Crippen LogP contribution >= 0.6 is 11.6 Å². The molecular weight excluding hydrogens is 1540 g/mol. The number of hydrogen-bond donors (Lipinski definition) is 2. The predicted octanol–water partition coefficient (Wildman–Crippen LogP) is 18.7. The van der Waals surface area contributed by atoms with Crippen molar-refractivity contribution in [3.8, 4) is 0 Å². The molecule has 2 N–H and O–H groups in total. The summed E-state index contributed by atoms with van der Waals surface area (Å²) in [6, 6.07) is 2.54. The molecule has 0 amide bonds. The van der Waals surface area contributed by atoms with E-state index in [2.05, 4.69) is 168 Å². The van der Waals surface area contributed by atoms with Crippen LogP contribution in [0.5, 0.6) is 0 Å². The number of carbonyl (C=O) groups is 4. The van der Waals surface area contributed by atoms with Crippen LogP contribution < -0.4 is 0 Å². The Kier molecular flexibility index (Phi) is 33.9. The second kappa shape index (κ2) is 39.3. The number of halogens is 1. The van der Waals surface area contributed by atoms with Crippen LogP contribution in [0, 0.1) is 23.7 Å². The van der Waals surface area contributed by atoms with E-state index in [1.807, 2.05) is 13.0 Å². The van der Waals surface area contributed by atoms with Gasteiger partial charge in [0.05, 0.1) is 85.1 Å². The zero-order chi connectivity index (χ0) is 85.7. The Morgan fingerprint density at radius 3 is 1.84 bits per heavy atom. The first-order chi connectivity index (χ1) is 52.5. The second-order valence-corrected chi connectivity index (χ2v) is 59.4. The van der Waals surface area contributed by atoms with Gasteiger partial charge in [-0.05, 0) is 124 Å². The van der Waals surface area contributed by atoms with Crippen molar-refractivity contribution in [1.29, 1.82) is 0 Å². The van der Waals surface area contributed by atoms with Gasteiger partial charge in [-0.2, -0.15) is 0 Å². The minimum atomic E-state index is -2.55. The number of aliphatic hydroxyl groups is 2. The number of esters is 3. The first-order valence-electron chi connectivity index (χ1n) is 42.9. The van der Waals surface area contributed by atoms with Gasteiger partial charge in [0.1, 0.15) is 36.3 Å². The summed E-state index contributed by atoms with van der Waals surface area (Å²) in [4.78, 5) is 57.3. The molecule has 0 aromatic rings. The van der Waals surface area contributed by atoms with E-state index in [1.54, 1.807) is 27.0 Å². The van der Waals surface area contributed by atoms with Crippen molar-refractivity contribution >= 4 is 68.6 Å². The quantitative estimate of drug-likeness (QED) is 0.0356. The number of allylic oxidation sites excluding steroid dienone is 3. The first-order valence-corrected chi connectivity index (χ1v) is 54.5. The average molecular weight is 1690 g/mol. The van der Waals surface area contributed by atoms with Gasteiger partial charge < -0.3 is 80.0 Å². The number of methoxy groups -OCH3 is 2. The molecule has 2 spiro atoms. The second-order valence-electron chi connectivity index (χ2n) is 40.0. The largest absolute Gasteiger partial charge is 0.462 e. The maximum absolute atomic E-state index is 15.4. The smallest absolute Gasteiger partial charge is 0.308 e. The number of carbonyl (C=O) groups excluding carboxylic acids is 4. The Hall–Kier alpha value is -2.62. The Balaban J connectivity index is 1.38. The van der Waals surface area contributed by atoms with Crippen LogP contribution in [0.2, 0.25) is 72.5 Å². The van der Waals surface area contributed by atoms with Gasteiger partial charge in [-0.3, -0.25) is 19.2 Å². The summed E-state index contributed by atoms with van der Waals surface area (Å²) in [7, 11) is -6.55. The van der Waals surface area contributed by atoms with Crippen LogP contribution in [0.15, 0.2) is 60.2 Å². The van der Waals surface area contributed by atoms with E-state index in [0.717, 1.165) is 18.1 Å². The summed E-state index contributed by atoms with van der Waals surface area (Å²) in [5.74, 6) is -8.90. The highest BCUT2D eigenvalue weighted by Gasteiger charge is 2.61. The molecule has 6 saturated heterocycles. The number of ketones is 1. The van der Waals surface area contributed by atoms with Crippen molar-refractivity contribution in [3.05, 3.63) is 60.2 Å². The summed E-state index contributed by atoms with van der Waals surface area (Å²) < 4.78 is 105. The molecule has 0 radical (unpaired) electrons. The Labute approximate surface area is 695 Å². The lowest BCUT2D eigenvalue weighted by atomic mass is 9.78. The fraction of sp³-hybridized carbons (Fsp3) is 0.841. The van der Waals surface area contributed by atoms with E-state index in [1.165, 1.54) is 21.0 Å². The third-order valence-corrected chi connectivity index (χ3v) is 46.2. The Morgan fingerprint density at radius 1 is 0.693 bits per heavy atom. The molecule has 10 bridgehead atoms. The normalized spacial score (nSPS) is 37.4. The standard InChI is InChI=1S/C88H153ClO21Si4/c1-31-114(32-2,33-3)110-85(22)49-70-43-56(5)58(7)78(99-63(12)91)59(8)72(92)47-66-45-68(96-23)50-86(103-66)52-71(108-112(27,28)83(16,17)18)44-64(102-86)37-35-34-36-38-73-60(9)75(109-113(29,30)84(19,20)21)53-88(97-24,106-73)81(95)80-61(10)79(101-76(93)48-67-46-69(98-62(11)90)51-87(54-85,104-67)105-70)77(94)74(100-80)42-55(4)41-65(40-39-57(6)89)107-111(25,26)82(13,14)15/h35,37,39-40,58-61,64-71,73-75,77-81,94-95H,4-6,31-34,36,38,41-54H2,1-3,7-30H3/b37-35-,40-39+/t58-,59-,60+,61-,64+,65-,66+,67-,68+,69+,70+,71+,73-,74-,75+,77-,78+,79-,80-,81+,85+,86+,87-,88-/m1/s1. The molecule has 7 aliphatic rings. The summed E-state index contributed by atoms with van der Waals surface area (Å²) in [5, 5.41) is 26.6. The van der Waals surface area contributed by atoms with E-state index in [4.69, 9.17) is 81.4 Å². The highest BCUT2D eigenvalue weighted by atomic mass is 35.5. The van der Waals surface area contributed by atoms with Crippen molar-refractivity contribution in [2.45, 2.75) is 434 Å². The number of ether oxygens (including phenoxy) is 11. The maximum atomic E-state index is 15.4. The van der Waals surface area contributed by atoms with E-state index in [9.17, 15) is 19.8 Å². The van der Waals surface area contributed by atoms with E-state index < -0.39 is 177 Å². The number of Topliss-reactive ketones (excluding diaryl/α,β-unsaturated/α-hetero) is 1. The number of fused-ring (bicyclic) bond motifs is 8. The number of rotatable bonds is 21. The van der Waals surface area contributed by atoms with Gasteiger partial charge in [0.25, 0.3) is 0 Å². The van der Waals surface area contributed by atoms with Gasteiger partial charge in [0.15, 0.2) is 50.6 Å². The topological polar surface area (TPSA) is 247 Å². The molecule has 0 aromatic heterocycles. The number of aliphatic hydroxyl groups excluding tert-OH is 2. The number of hydrogen-bond acceptors (Lipinski definition) is 21.